The zero-order valence-electron chi connectivity index (χ0n) is 18.9. The molecular weight excluding hydrogens is 406 g/mol. The Bertz CT molecular complexity index is 1050. The zero-order chi connectivity index (χ0) is 22.5. The number of urea groups is 1. The minimum Gasteiger partial charge on any atom is -0.497 e. The molecule has 0 bridgehead atoms. The van der Waals surface area contributed by atoms with E-state index in [1.807, 2.05) is 5.01 Å². The van der Waals surface area contributed by atoms with E-state index in [0.717, 1.165) is 39.1 Å². The summed E-state index contributed by atoms with van der Waals surface area (Å²) >= 11 is 0. The smallest absolute Gasteiger partial charge is 0.333 e. The number of rotatable bonds is 7. The maximum atomic E-state index is 12.4. The van der Waals surface area contributed by atoms with E-state index in [0.29, 0.717) is 17.2 Å². The fourth-order valence-electron chi connectivity index (χ4n) is 4.19. The summed E-state index contributed by atoms with van der Waals surface area (Å²) in [5.74, 6) is 1.25. The predicted molar refractivity (Wildman–Crippen MR) is 126 cm³/mol. The van der Waals surface area contributed by atoms with Crippen molar-refractivity contribution in [3.63, 3.8) is 0 Å². The number of piperazine rings is 1. The van der Waals surface area contributed by atoms with Crippen LogP contribution in [0.1, 0.15) is 11.3 Å². The quantitative estimate of drug-likeness (QED) is 0.528. The number of aromatic amines is 1. The molecule has 8 heteroatoms. The number of hydrazine groups is 1. The van der Waals surface area contributed by atoms with Gasteiger partial charge in [-0.15, -0.1) is 0 Å². The molecule has 1 aliphatic heterocycles. The number of H-pyrrole nitrogens is 1. The van der Waals surface area contributed by atoms with Gasteiger partial charge in [-0.05, 0) is 25.0 Å². The Labute approximate surface area is 188 Å². The number of benzene rings is 2. The summed E-state index contributed by atoms with van der Waals surface area (Å²) in [7, 11) is 3.16. The van der Waals surface area contributed by atoms with E-state index in [4.69, 9.17) is 9.47 Å². The van der Waals surface area contributed by atoms with Crippen LogP contribution < -0.4 is 20.2 Å². The highest BCUT2D eigenvalue weighted by Crippen LogP contribution is 2.26. The van der Waals surface area contributed by atoms with E-state index in [-0.39, 0.29) is 6.03 Å². The molecule has 0 aliphatic carbocycles. The summed E-state index contributed by atoms with van der Waals surface area (Å²) < 4.78 is 10.5. The van der Waals surface area contributed by atoms with Crippen molar-refractivity contribution in [1.29, 1.82) is 0 Å². The van der Waals surface area contributed by atoms with Crippen molar-refractivity contribution in [1.82, 2.24) is 20.3 Å². The minimum absolute atomic E-state index is 0.275. The number of hydrogen-bond acceptors (Lipinski definition) is 5. The highest BCUT2D eigenvalue weighted by molar-refractivity contribution is 5.89. The highest BCUT2D eigenvalue weighted by Gasteiger charge is 2.19. The number of hydrogen-bond donors (Lipinski definition) is 3. The van der Waals surface area contributed by atoms with Crippen LogP contribution in [0, 0.1) is 6.92 Å². The van der Waals surface area contributed by atoms with Crippen LogP contribution in [0.3, 0.4) is 0 Å². The lowest BCUT2D eigenvalue weighted by molar-refractivity contribution is 0.102. The second-order valence-electron chi connectivity index (χ2n) is 8.02. The lowest BCUT2D eigenvalue weighted by Gasteiger charge is -2.34. The summed E-state index contributed by atoms with van der Waals surface area (Å²) in [6.45, 7) is 6.53. The summed E-state index contributed by atoms with van der Waals surface area (Å²) in [6.07, 6.45) is 1.02. The molecule has 2 amide bonds. The lowest BCUT2D eigenvalue weighted by atomic mass is 10.1. The van der Waals surface area contributed by atoms with Gasteiger partial charge in [0.15, 0.2) is 0 Å². The number of para-hydroxylation sites is 1. The molecular formula is C24H31N5O3. The number of anilines is 1. The van der Waals surface area contributed by atoms with Crippen molar-refractivity contribution in [2.24, 2.45) is 0 Å². The Balaban J connectivity index is 1.25. The molecule has 1 fully saturated rings. The van der Waals surface area contributed by atoms with Crippen LogP contribution >= 0.6 is 0 Å². The van der Waals surface area contributed by atoms with Gasteiger partial charge in [0, 0.05) is 73.2 Å². The van der Waals surface area contributed by atoms with E-state index in [1.54, 1.807) is 32.4 Å². The van der Waals surface area contributed by atoms with Gasteiger partial charge in [0.25, 0.3) is 0 Å². The normalized spacial score (nSPS) is 15.0. The first-order valence-electron chi connectivity index (χ1n) is 10.9. The summed E-state index contributed by atoms with van der Waals surface area (Å²) in [5, 5.41) is 6.12. The van der Waals surface area contributed by atoms with Gasteiger partial charge in [-0.25, -0.2) is 9.80 Å². The second-order valence-corrected chi connectivity index (χ2v) is 8.02. The summed E-state index contributed by atoms with van der Waals surface area (Å²) in [6, 6.07) is 13.5. The highest BCUT2D eigenvalue weighted by atomic mass is 16.5. The molecule has 8 nitrogen and oxygen atoms in total. The topological polar surface area (TPSA) is 81.9 Å². The van der Waals surface area contributed by atoms with Crippen molar-refractivity contribution >= 4 is 22.6 Å². The maximum absolute atomic E-state index is 12.4. The molecule has 32 heavy (non-hydrogen) atoms. The summed E-state index contributed by atoms with van der Waals surface area (Å²) in [4.78, 5) is 18.4. The molecule has 0 atom stereocenters. The van der Waals surface area contributed by atoms with Crippen LogP contribution in [0.25, 0.3) is 10.9 Å². The molecule has 1 aliphatic rings. The first kappa shape index (κ1) is 22.0. The van der Waals surface area contributed by atoms with Gasteiger partial charge in [-0.2, -0.15) is 0 Å². The third-order valence-electron chi connectivity index (χ3n) is 5.95. The van der Waals surface area contributed by atoms with E-state index in [2.05, 4.69) is 51.8 Å². The molecule has 0 unspecified atom stereocenters. The lowest BCUT2D eigenvalue weighted by Crippen LogP contribution is -2.54. The number of ether oxygens (including phenoxy) is 2. The Morgan fingerprint density at radius 2 is 1.72 bits per heavy atom. The molecule has 3 aromatic rings. The average Bonchev–Trinajstić information content (AvgIpc) is 3.13. The third-order valence-corrected chi connectivity index (χ3v) is 5.95. The summed E-state index contributed by atoms with van der Waals surface area (Å²) in [5.41, 5.74) is 7.40. The number of carbonyl (C=O) groups excluding carboxylic acids is 1. The van der Waals surface area contributed by atoms with Gasteiger partial charge in [-0.3, -0.25) is 5.43 Å². The number of methoxy groups -OCH3 is 2. The first-order valence-corrected chi connectivity index (χ1v) is 10.9. The predicted octanol–water partition coefficient (Wildman–Crippen LogP) is 3.39. The number of nitrogens with zero attached hydrogens (tertiary/aromatic N) is 2. The Morgan fingerprint density at radius 3 is 2.41 bits per heavy atom. The Hall–Kier alpha value is -3.23. The molecule has 1 saturated heterocycles. The monoisotopic (exact) mass is 437 g/mol. The molecule has 1 aromatic heterocycles. The number of aryl methyl sites for hydroxylation is 1. The van der Waals surface area contributed by atoms with Gasteiger partial charge in [0.2, 0.25) is 0 Å². The number of carbonyl (C=O) groups is 1. The maximum Gasteiger partial charge on any atom is 0.333 e. The van der Waals surface area contributed by atoms with E-state index in [1.165, 1.54) is 22.2 Å². The van der Waals surface area contributed by atoms with E-state index in [9.17, 15) is 4.79 Å². The van der Waals surface area contributed by atoms with Crippen molar-refractivity contribution < 1.29 is 14.3 Å². The van der Waals surface area contributed by atoms with Crippen LogP contribution in [-0.4, -0.2) is 67.9 Å². The number of aromatic nitrogens is 1. The largest absolute Gasteiger partial charge is 0.497 e. The van der Waals surface area contributed by atoms with Gasteiger partial charge >= 0.3 is 6.03 Å². The first-order chi connectivity index (χ1) is 15.6. The molecule has 0 radical (unpaired) electrons. The van der Waals surface area contributed by atoms with Crippen LogP contribution in [0.5, 0.6) is 11.5 Å². The number of amides is 2. The molecule has 0 spiro atoms. The minimum atomic E-state index is -0.275. The van der Waals surface area contributed by atoms with Crippen molar-refractivity contribution in [3.05, 3.63) is 53.7 Å². The van der Waals surface area contributed by atoms with Crippen LogP contribution in [0.4, 0.5) is 10.5 Å². The van der Waals surface area contributed by atoms with Crippen molar-refractivity contribution in [2.45, 2.75) is 13.3 Å². The SMILES string of the molecule is COc1cc(NC(=O)NN2CCN(CCc3c(C)[nH]c4ccccc34)CC2)cc(OC)c1. The molecule has 2 aromatic carbocycles. The molecule has 4 rings (SSSR count). The fourth-order valence-corrected chi connectivity index (χ4v) is 4.19. The van der Waals surface area contributed by atoms with Gasteiger partial charge in [-0.1, -0.05) is 18.2 Å². The Kier molecular flexibility index (Phi) is 6.82. The standard InChI is InChI=1S/C24H31N5O3/c1-17-21(22-6-4-5-7-23(22)25-17)8-9-28-10-12-29(13-11-28)27-24(30)26-18-14-19(31-2)16-20(15-18)32-3/h4-7,14-16,25H,8-13H2,1-3H3,(H2,26,27,30). The number of nitrogens with one attached hydrogen (secondary N) is 3. The molecule has 2 heterocycles. The van der Waals surface area contributed by atoms with Crippen LogP contribution in [-0.2, 0) is 6.42 Å². The fraction of sp³-hybridized carbons (Fsp3) is 0.375. The van der Waals surface area contributed by atoms with Gasteiger partial charge in [0.1, 0.15) is 11.5 Å². The molecule has 170 valence electrons. The molecule has 3 N–H and O–H groups in total. The van der Waals surface area contributed by atoms with Crippen LogP contribution in [0.2, 0.25) is 0 Å². The van der Waals surface area contributed by atoms with Crippen LogP contribution in [0.15, 0.2) is 42.5 Å². The van der Waals surface area contributed by atoms with E-state index < -0.39 is 0 Å². The van der Waals surface area contributed by atoms with Crippen molar-refractivity contribution in [3.8, 4) is 11.5 Å². The van der Waals surface area contributed by atoms with Gasteiger partial charge < -0.3 is 24.7 Å². The zero-order valence-corrected chi connectivity index (χ0v) is 18.9. The number of fused-ring (bicyclic) bond motifs is 1. The Morgan fingerprint density at radius 1 is 1.03 bits per heavy atom. The van der Waals surface area contributed by atoms with Crippen molar-refractivity contribution in [2.75, 3.05) is 52.3 Å². The van der Waals surface area contributed by atoms with E-state index >= 15 is 0 Å². The van der Waals surface area contributed by atoms with Gasteiger partial charge in [0.05, 0.1) is 14.2 Å². The third kappa shape index (κ3) is 5.15. The average molecular weight is 438 g/mol. The second kappa shape index (κ2) is 9.93. The molecule has 0 saturated carbocycles.